The van der Waals surface area contributed by atoms with Gasteiger partial charge in [0.25, 0.3) is 0 Å². The second-order valence-electron chi connectivity index (χ2n) is 7.46. The van der Waals surface area contributed by atoms with Crippen molar-refractivity contribution in [1.29, 1.82) is 0 Å². The number of carbonyl (C=O) groups excluding carboxylic acids is 2. The van der Waals surface area contributed by atoms with Gasteiger partial charge in [0.1, 0.15) is 0 Å². The lowest BCUT2D eigenvalue weighted by molar-refractivity contribution is -0.166. The quantitative estimate of drug-likeness (QED) is 0.415. The van der Waals surface area contributed by atoms with Gasteiger partial charge in [-0.25, -0.2) is 19.2 Å². The summed E-state index contributed by atoms with van der Waals surface area (Å²) in [6.45, 7) is 2.50. The van der Waals surface area contributed by atoms with Gasteiger partial charge in [0.15, 0.2) is 0 Å². The molecule has 0 aliphatic carbocycles. The molecule has 1 aliphatic rings. The van der Waals surface area contributed by atoms with Gasteiger partial charge in [-0.2, -0.15) is 0 Å². The number of aliphatic hydroxyl groups is 1. The van der Waals surface area contributed by atoms with Crippen LogP contribution in [-0.2, 0) is 19.1 Å². The van der Waals surface area contributed by atoms with E-state index in [1.165, 1.54) is 61.4 Å². The van der Waals surface area contributed by atoms with Gasteiger partial charge < -0.3 is 30.1 Å². The zero-order chi connectivity index (χ0) is 24.9. The molecule has 3 atom stereocenters. The van der Waals surface area contributed by atoms with Crippen molar-refractivity contribution in [2.45, 2.75) is 25.0 Å². The Morgan fingerprint density at radius 1 is 0.824 bits per heavy atom. The minimum absolute atomic E-state index is 0.0253. The lowest BCUT2D eigenvalue weighted by Crippen LogP contribution is -2.45. The summed E-state index contributed by atoms with van der Waals surface area (Å²) in [4.78, 5) is 46.8. The summed E-state index contributed by atoms with van der Waals surface area (Å²) in [5, 5.41) is 30.4. The van der Waals surface area contributed by atoms with E-state index in [2.05, 4.69) is 5.32 Å². The highest BCUT2D eigenvalue weighted by Gasteiger charge is 2.41. The number of carboxylic acids is 2. The van der Waals surface area contributed by atoms with E-state index in [1.807, 2.05) is 0 Å². The van der Waals surface area contributed by atoms with Crippen LogP contribution in [0.3, 0.4) is 0 Å². The minimum atomic E-state index is -2.21. The number of carbonyl (C=O) groups is 4. The van der Waals surface area contributed by atoms with Crippen LogP contribution in [0.5, 0.6) is 0 Å². The Hall–Kier alpha value is -3.76. The fourth-order valence-corrected chi connectivity index (χ4v) is 3.08. The molecular formula is C24H27NO9. The van der Waals surface area contributed by atoms with Crippen molar-refractivity contribution >= 4 is 23.9 Å². The van der Waals surface area contributed by atoms with E-state index in [9.17, 15) is 29.4 Å². The second kappa shape index (κ2) is 13.7. The van der Waals surface area contributed by atoms with Crippen molar-refractivity contribution in [3.05, 3.63) is 71.8 Å². The molecular weight excluding hydrogens is 446 g/mol. The third-order valence-electron chi connectivity index (χ3n) is 4.91. The van der Waals surface area contributed by atoms with Crippen LogP contribution in [0.25, 0.3) is 0 Å². The molecule has 10 nitrogen and oxygen atoms in total. The molecule has 0 saturated carbocycles. The molecule has 1 aliphatic heterocycles. The molecule has 0 bridgehead atoms. The highest BCUT2D eigenvalue weighted by atomic mass is 16.6. The van der Waals surface area contributed by atoms with Gasteiger partial charge >= 0.3 is 23.9 Å². The standard InChI is InChI=1S/C18H14O8.C6H13NO/c19-15(20)13(25-17(23)11-7-3-1-4-8-11)14(16(21)22)26-18(24)12-9-5-2-6-10-12;8-5-6-2-1-3-7-4-6/h1-10,13-14H,(H,19,20)(H,21,22);6-8H,1-5H2/t13-,14-;6-/m10/s1. The molecule has 0 amide bonds. The third-order valence-corrected chi connectivity index (χ3v) is 4.91. The van der Waals surface area contributed by atoms with Crippen molar-refractivity contribution in [2.75, 3.05) is 19.7 Å². The first-order valence-corrected chi connectivity index (χ1v) is 10.6. The molecule has 1 heterocycles. The van der Waals surface area contributed by atoms with E-state index in [1.54, 1.807) is 12.1 Å². The molecule has 1 saturated heterocycles. The molecule has 0 unspecified atom stereocenters. The number of carboxylic acid groups (broad SMARTS) is 2. The van der Waals surface area contributed by atoms with Crippen LogP contribution in [0.15, 0.2) is 60.7 Å². The van der Waals surface area contributed by atoms with E-state index >= 15 is 0 Å². The zero-order valence-corrected chi connectivity index (χ0v) is 18.3. The summed E-state index contributed by atoms with van der Waals surface area (Å²) in [5.41, 5.74) is 0.0505. The smallest absolute Gasteiger partial charge is 0.349 e. The number of aliphatic carboxylic acids is 2. The van der Waals surface area contributed by atoms with Gasteiger partial charge in [-0.1, -0.05) is 36.4 Å². The molecule has 0 aromatic heterocycles. The van der Waals surface area contributed by atoms with Crippen LogP contribution >= 0.6 is 0 Å². The van der Waals surface area contributed by atoms with Crippen LogP contribution in [0, 0.1) is 5.92 Å². The van der Waals surface area contributed by atoms with Crippen molar-refractivity contribution < 1.29 is 44.0 Å². The number of esters is 2. The molecule has 182 valence electrons. The normalized spacial score (nSPS) is 16.7. The first kappa shape index (κ1) is 26.5. The number of ether oxygens (including phenoxy) is 2. The predicted molar refractivity (Wildman–Crippen MR) is 119 cm³/mol. The van der Waals surface area contributed by atoms with E-state index in [4.69, 9.17) is 14.6 Å². The Bertz CT molecular complexity index is 874. The number of hydrogen-bond donors (Lipinski definition) is 4. The Labute approximate surface area is 196 Å². The molecule has 0 radical (unpaired) electrons. The van der Waals surface area contributed by atoms with Crippen LogP contribution in [0.2, 0.25) is 0 Å². The summed E-state index contributed by atoms with van der Waals surface area (Å²) < 4.78 is 9.52. The number of nitrogens with one attached hydrogen (secondary N) is 1. The molecule has 2 aromatic carbocycles. The van der Waals surface area contributed by atoms with Gasteiger partial charge in [0, 0.05) is 13.2 Å². The Balaban J connectivity index is 0.000000430. The van der Waals surface area contributed by atoms with Crippen LogP contribution in [0.1, 0.15) is 33.6 Å². The van der Waals surface area contributed by atoms with Crippen molar-refractivity contribution in [3.63, 3.8) is 0 Å². The highest BCUT2D eigenvalue weighted by molar-refractivity contribution is 5.95. The number of piperidine rings is 1. The first-order valence-electron chi connectivity index (χ1n) is 10.6. The lowest BCUT2D eigenvalue weighted by Gasteiger charge is -2.21. The van der Waals surface area contributed by atoms with Gasteiger partial charge in [0.2, 0.25) is 12.2 Å². The number of rotatable bonds is 8. The van der Waals surface area contributed by atoms with E-state index < -0.39 is 36.1 Å². The summed E-state index contributed by atoms with van der Waals surface area (Å²) in [6, 6.07) is 14.8. The summed E-state index contributed by atoms with van der Waals surface area (Å²) >= 11 is 0. The fraction of sp³-hybridized carbons (Fsp3) is 0.333. The lowest BCUT2D eigenvalue weighted by atomic mass is 10.0. The molecule has 34 heavy (non-hydrogen) atoms. The zero-order valence-electron chi connectivity index (χ0n) is 18.3. The van der Waals surface area contributed by atoms with Gasteiger partial charge in [-0.05, 0) is 49.6 Å². The monoisotopic (exact) mass is 473 g/mol. The maximum absolute atomic E-state index is 12.0. The van der Waals surface area contributed by atoms with E-state index in [0.717, 1.165) is 13.1 Å². The van der Waals surface area contributed by atoms with E-state index in [0.29, 0.717) is 12.5 Å². The Kier molecular flexibility index (Phi) is 10.7. The fourth-order valence-electron chi connectivity index (χ4n) is 3.08. The Morgan fingerprint density at radius 2 is 1.26 bits per heavy atom. The summed E-state index contributed by atoms with van der Waals surface area (Å²) in [6.07, 6.45) is -2.00. The Morgan fingerprint density at radius 3 is 1.56 bits per heavy atom. The van der Waals surface area contributed by atoms with Crippen LogP contribution in [-0.4, -0.2) is 71.1 Å². The largest absolute Gasteiger partial charge is 0.478 e. The van der Waals surface area contributed by atoms with Crippen molar-refractivity contribution in [1.82, 2.24) is 5.32 Å². The number of aliphatic hydroxyl groups excluding tert-OH is 1. The predicted octanol–water partition coefficient (Wildman–Crippen LogP) is 1.59. The molecule has 2 aromatic rings. The maximum Gasteiger partial charge on any atom is 0.349 e. The average Bonchev–Trinajstić information content (AvgIpc) is 2.87. The summed E-state index contributed by atoms with van der Waals surface area (Å²) in [5.74, 6) is -5.10. The minimum Gasteiger partial charge on any atom is -0.478 e. The molecule has 3 rings (SSSR count). The molecule has 4 N–H and O–H groups in total. The van der Waals surface area contributed by atoms with Gasteiger partial charge in [0.05, 0.1) is 11.1 Å². The molecule has 1 fully saturated rings. The van der Waals surface area contributed by atoms with E-state index in [-0.39, 0.29) is 11.1 Å². The number of benzene rings is 2. The highest BCUT2D eigenvalue weighted by Crippen LogP contribution is 2.13. The maximum atomic E-state index is 12.0. The first-order chi connectivity index (χ1) is 16.3. The second-order valence-corrected chi connectivity index (χ2v) is 7.46. The van der Waals surface area contributed by atoms with Crippen molar-refractivity contribution in [3.8, 4) is 0 Å². The van der Waals surface area contributed by atoms with Gasteiger partial charge in [-0.15, -0.1) is 0 Å². The SMILES string of the molecule is O=C(O[C@@H](C(=O)O)[C@@H](OC(=O)c1ccccc1)C(=O)O)c1ccccc1.OC[C@H]1CCCNC1. The van der Waals surface area contributed by atoms with Gasteiger partial charge in [-0.3, -0.25) is 0 Å². The van der Waals surface area contributed by atoms with Crippen molar-refractivity contribution in [2.24, 2.45) is 5.92 Å². The number of hydrogen-bond acceptors (Lipinski definition) is 8. The third kappa shape index (κ3) is 8.30. The molecule has 10 heteroatoms. The van der Waals surface area contributed by atoms with Crippen LogP contribution in [0.4, 0.5) is 0 Å². The molecule has 0 spiro atoms. The topological polar surface area (TPSA) is 159 Å². The summed E-state index contributed by atoms with van der Waals surface area (Å²) in [7, 11) is 0. The van der Waals surface area contributed by atoms with Crippen LogP contribution < -0.4 is 5.32 Å². The average molecular weight is 473 g/mol.